The van der Waals surface area contributed by atoms with Gasteiger partial charge in [-0.1, -0.05) is 291 Å². The topological polar surface area (TPSA) is 78.9 Å². The van der Waals surface area contributed by atoms with Crippen molar-refractivity contribution in [2.75, 3.05) is 13.2 Å². The molecule has 0 aliphatic heterocycles. The molecule has 0 heterocycles. The van der Waals surface area contributed by atoms with Gasteiger partial charge in [-0.15, -0.1) is 0 Å². The summed E-state index contributed by atoms with van der Waals surface area (Å²) >= 11 is 0. The Balaban J connectivity index is 4.23. The smallest absolute Gasteiger partial charge is 0.306 e. The maximum atomic E-state index is 12.8. The third-order valence-corrected chi connectivity index (χ3v) is 13.3. The third kappa shape index (κ3) is 51.4. The number of unbranched alkanes of at least 4 members (excludes halogenated alkanes) is 40. The lowest BCUT2D eigenvalue weighted by atomic mass is 10.0. The van der Waals surface area contributed by atoms with Crippen LogP contribution in [0.15, 0.2) is 0 Å². The molecule has 0 amide bonds. The fourth-order valence-corrected chi connectivity index (χ4v) is 8.92. The molecule has 64 heavy (non-hydrogen) atoms. The average Bonchev–Trinajstić information content (AvgIpc) is 3.28. The Bertz CT molecular complexity index is 964. The van der Waals surface area contributed by atoms with Crippen LogP contribution in [-0.2, 0) is 28.6 Å². The SMILES string of the molecule is CCCCCCCCCCCCCCCCCCCCCC(=O)OC[C@@H](COC(=O)CCCCCCCCCCCC)OC(=O)CCCCCCCCCCCCCCCCC(C)C. The van der Waals surface area contributed by atoms with Crippen LogP contribution in [0.4, 0.5) is 0 Å². The van der Waals surface area contributed by atoms with Gasteiger partial charge in [0.2, 0.25) is 0 Å². The van der Waals surface area contributed by atoms with Crippen molar-refractivity contribution in [1.29, 1.82) is 0 Å². The van der Waals surface area contributed by atoms with Crippen LogP contribution < -0.4 is 0 Å². The first-order valence-corrected chi connectivity index (χ1v) is 28.9. The van der Waals surface area contributed by atoms with Gasteiger partial charge in [0.25, 0.3) is 0 Å². The van der Waals surface area contributed by atoms with E-state index in [1.165, 1.54) is 225 Å². The number of hydrogen-bond acceptors (Lipinski definition) is 6. The van der Waals surface area contributed by atoms with Gasteiger partial charge in [0, 0.05) is 19.3 Å². The second-order valence-corrected chi connectivity index (χ2v) is 20.4. The predicted molar refractivity (Wildman–Crippen MR) is 275 cm³/mol. The monoisotopic (exact) mass is 905 g/mol. The van der Waals surface area contributed by atoms with E-state index in [4.69, 9.17) is 14.2 Å². The van der Waals surface area contributed by atoms with Crippen LogP contribution in [0.2, 0.25) is 0 Å². The van der Waals surface area contributed by atoms with E-state index in [9.17, 15) is 14.4 Å². The van der Waals surface area contributed by atoms with Gasteiger partial charge in [0.15, 0.2) is 6.10 Å². The second kappa shape index (κ2) is 52.4. The van der Waals surface area contributed by atoms with E-state index in [0.29, 0.717) is 19.3 Å². The van der Waals surface area contributed by atoms with E-state index in [0.717, 1.165) is 63.7 Å². The van der Waals surface area contributed by atoms with Gasteiger partial charge in [-0.05, 0) is 25.2 Å². The summed E-state index contributed by atoms with van der Waals surface area (Å²) in [7, 11) is 0. The van der Waals surface area contributed by atoms with Gasteiger partial charge in [0.05, 0.1) is 0 Å². The predicted octanol–water partition coefficient (Wildman–Crippen LogP) is 19.0. The largest absolute Gasteiger partial charge is 0.462 e. The first-order chi connectivity index (χ1) is 31.4. The Morgan fingerprint density at radius 1 is 0.297 bits per heavy atom. The zero-order valence-corrected chi connectivity index (χ0v) is 43.8. The summed E-state index contributed by atoms with van der Waals surface area (Å²) in [6.45, 7) is 9.05. The Kier molecular flexibility index (Phi) is 51.1. The first-order valence-electron chi connectivity index (χ1n) is 28.9. The van der Waals surface area contributed by atoms with E-state index in [-0.39, 0.29) is 31.1 Å². The van der Waals surface area contributed by atoms with Crippen molar-refractivity contribution in [2.24, 2.45) is 5.92 Å². The molecule has 0 aromatic heterocycles. The maximum absolute atomic E-state index is 12.8. The molecule has 0 aromatic carbocycles. The van der Waals surface area contributed by atoms with E-state index < -0.39 is 6.10 Å². The van der Waals surface area contributed by atoms with Crippen molar-refractivity contribution in [3.8, 4) is 0 Å². The molecule has 1 atom stereocenters. The summed E-state index contributed by atoms with van der Waals surface area (Å²) in [5.74, 6) is 0.00549. The van der Waals surface area contributed by atoms with Gasteiger partial charge < -0.3 is 14.2 Å². The van der Waals surface area contributed by atoms with Gasteiger partial charge >= 0.3 is 17.9 Å². The van der Waals surface area contributed by atoms with Crippen LogP contribution in [0.3, 0.4) is 0 Å². The van der Waals surface area contributed by atoms with Gasteiger partial charge in [-0.25, -0.2) is 0 Å². The maximum Gasteiger partial charge on any atom is 0.306 e. The molecule has 0 saturated carbocycles. The van der Waals surface area contributed by atoms with Crippen molar-refractivity contribution in [2.45, 2.75) is 336 Å². The molecule has 0 spiro atoms. The quantitative estimate of drug-likeness (QED) is 0.0344. The lowest BCUT2D eigenvalue weighted by Crippen LogP contribution is -2.30. The highest BCUT2D eigenvalue weighted by Crippen LogP contribution is 2.18. The highest BCUT2D eigenvalue weighted by Gasteiger charge is 2.19. The first kappa shape index (κ1) is 62.4. The lowest BCUT2D eigenvalue weighted by Gasteiger charge is -2.18. The number of carbonyl (C=O) groups is 3. The summed E-state index contributed by atoms with van der Waals surface area (Å²) in [6.07, 6.45) is 56.7. The van der Waals surface area contributed by atoms with Crippen LogP contribution in [0.1, 0.15) is 329 Å². The van der Waals surface area contributed by atoms with Crippen LogP contribution in [0.25, 0.3) is 0 Å². The molecule has 0 radical (unpaired) electrons. The molecule has 0 aliphatic rings. The van der Waals surface area contributed by atoms with Crippen LogP contribution in [-0.4, -0.2) is 37.2 Å². The summed E-state index contributed by atoms with van der Waals surface area (Å²) in [5, 5.41) is 0. The molecule has 0 saturated heterocycles. The van der Waals surface area contributed by atoms with Crippen molar-refractivity contribution < 1.29 is 28.6 Å². The number of carbonyl (C=O) groups excluding carboxylic acids is 3. The highest BCUT2D eigenvalue weighted by atomic mass is 16.6. The zero-order chi connectivity index (χ0) is 46.7. The van der Waals surface area contributed by atoms with Crippen molar-refractivity contribution in [1.82, 2.24) is 0 Å². The average molecular weight is 906 g/mol. The molecule has 0 N–H and O–H groups in total. The molecule has 6 heteroatoms. The Hall–Kier alpha value is -1.59. The molecule has 0 unspecified atom stereocenters. The normalized spacial score (nSPS) is 12.0. The van der Waals surface area contributed by atoms with E-state index in [2.05, 4.69) is 27.7 Å². The van der Waals surface area contributed by atoms with E-state index in [1.807, 2.05) is 0 Å². The van der Waals surface area contributed by atoms with Gasteiger partial charge in [0.1, 0.15) is 13.2 Å². The van der Waals surface area contributed by atoms with Crippen molar-refractivity contribution in [3.05, 3.63) is 0 Å². The zero-order valence-electron chi connectivity index (χ0n) is 43.8. The molecule has 6 nitrogen and oxygen atoms in total. The summed E-state index contributed by atoms with van der Waals surface area (Å²) in [6, 6.07) is 0. The fourth-order valence-electron chi connectivity index (χ4n) is 8.92. The Morgan fingerprint density at radius 3 is 0.766 bits per heavy atom. The third-order valence-electron chi connectivity index (χ3n) is 13.3. The molecule has 380 valence electrons. The highest BCUT2D eigenvalue weighted by molar-refractivity contribution is 5.71. The van der Waals surface area contributed by atoms with Crippen molar-refractivity contribution >= 4 is 17.9 Å². The molecular formula is C58H112O6. The van der Waals surface area contributed by atoms with Crippen molar-refractivity contribution in [3.63, 3.8) is 0 Å². The van der Waals surface area contributed by atoms with Gasteiger partial charge in [-0.2, -0.15) is 0 Å². The minimum atomic E-state index is -0.761. The minimum Gasteiger partial charge on any atom is -0.462 e. The number of rotatable bonds is 53. The lowest BCUT2D eigenvalue weighted by molar-refractivity contribution is -0.167. The number of hydrogen-bond donors (Lipinski definition) is 0. The van der Waals surface area contributed by atoms with Crippen LogP contribution in [0.5, 0.6) is 0 Å². The minimum absolute atomic E-state index is 0.0620. The Labute approximate surface area is 399 Å². The summed E-state index contributed by atoms with van der Waals surface area (Å²) < 4.78 is 16.9. The van der Waals surface area contributed by atoms with Gasteiger partial charge in [-0.3, -0.25) is 14.4 Å². The molecular weight excluding hydrogens is 793 g/mol. The van der Waals surface area contributed by atoms with E-state index in [1.54, 1.807) is 0 Å². The fraction of sp³-hybridized carbons (Fsp3) is 0.948. The number of ether oxygens (including phenoxy) is 3. The Morgan fingerprint density at radius 2 is 0.516 bits per heavy atom. The number of esters is 3. The summed E-state index contributed by atoms with van der Waals surface area (Å²) in [4.78, 5) is 38.1. The van der Waals surface area contributed by atoms with Crippen LogP contribution >= 0.6 is 0 Å². The molecule has 0 bridgehead atoms. The summed E-state index contributed by atoms with van der Waals surface area (Å²) in [5.41, 5.74) is 0. The second-order valence-electron chi connectivity index (χ2n) is 20.4. The van der Waals surface area contributed by atoms with Crippen LogP contribution in [0, 0.1) is 5.92 Å². The van der Waals surface area contributed by atoms with E-state index >= 15 is 0 Å². The molecule has 0 fully saturated rings. The molecule has 0 aromatic rings. The standard InChI is InChI=1S/C58H112O6/c1-5-7-9-11-13-15-17-18-19-20-21-22-23-27-30-34-38-42-46-50-57(60)63-53-55(52-62-56(59)49-45-41-37-33-16-14-12-10-8-6-2)64-58(61)51-47-43-39-35-31-28-25-24-26-29-32-36-40-44-48-54(3)4/h54-55H,5-53H2,1-4H3/t55-/m1/s1. The molecule has 0 rings (SSSR count). The molecule has 0 aliphatic carbocycles.